The standard InChI is InChI=1S/C15H14BrClFNO2/c1-8(2)20-14-7-15(12(19)6-11(14)18)21-13-5-9(16)3-4-10(13)17/h3-8H,19H2,1-2H3. The summed E-state index contributed by atoms with van der Waals surface area (Å²) in [7, 11) is 0. The third-order valence-electron chi connectivity index (χ3n) is 2.54. The van der Waals surface area contributed by atoms with Gasteiger partial charge in [-0.3, -0.25) is 0 Å². The Labute approximate surface area is 135 Å². The zero-order valence-electron chi connectivity index (χ0n) is 11.5. The largest absolute Gasteiger partial charge is 0.488 e. The van der Waals surface area contributed by atoms with Crippen LogP contribution in [-0.4, -0.2) is 6.10 Å². The summed E-state index contributed by atoms with van der Waals surface area (Å²) in [5, 5.41) is 0.424. The molecule has 112 valence electrons. The molecule has 0 spiro atoms. The van der Waals surface area contributed by atoms with E-state index in [9.17, 15) is 4.39 Å². The Morgan fingerprint density at radius 3 is 2.52 bits per heavy atom. The molecule has 2 aromatic carbocycles. The van der Waals surface area contributed by atoms with Gasteiger partial charge in [-0.25, -0.2) is 4.39 Å². The molecule has 0 saturated heterocycles. The maximum atomic E-state index is 13.8. The lowest BCUT2D eigenvalue weighted by Crippen LogP contribution is -2.07. The highest BCUT2D eigenvalue weighted by Crippen LogP contribution is 2.37. The number of halogens is 3. The average Bonchev–Trinajstić information content (AvgIpc) is 2.39. The SMILES string of the molecule is CC(C)Oc1cc(Oc2cc(Br)ccc2Cl)c(N)cc1F. The lowest BCUT2D eigenvalue weighted by molar-refractivity contribution is 0.230. The molecule has 0 bridgehead atoms. The quantitative estimate of drug-likeness (QED) is 0.728. The minimum absolute atomic E-state index is 0.0836. The maximum absolute atomic E-state index is 13.8. The van der Waals surface area contributed by atoms with Gasteiger partial charge in [-0.05, 0) is 32.0 Å². The van der Waals surface area contributed by atoms with Gasteiger partial charge in [0.15, 0.2) is 17.3 Å². The molecular weight excluding hydrogens is 361 g/mol. The number of nitrogens with two attached hydrogens (primary N) is 1. The normalized spacial score (nSPS) is 10.8. The van der Waals surface area contributed by atoms with Crippen molar-refractivity contribution in [3.63, 3.8) is 0 Å². The molecule has 0 amide bonds. The summed E-state index contributed by atoms with van der Waals surface area (Å²) in [6.45, 7) is 3.61. The Hall–Kier alpha value is -1.46. The lowest BCUT2D eigenvalue weighted by Gasteiger charge is -2.15. The fourth-order valence-corrected chi connectivity index (χ4v) is 2.15. The molecule has 0 saturated carbocycles. The van der Waals surface area contributed by atoms with Crippen LogP contribution in [0.3, 0.4) is 0 Å². The zero-order valence-corrected chi connectivity index (χ0v) is 13.8. The van der Waals surface area contributed by atoms with Gasteiger partial charge in [0.05, 0.1) is 16.8 Å². The fraction of sp³-hybridized carbons (Fsp3) is 0.200. The van der Waals surface area contributed by atoms with E-state index in [4.69, 9.17) is 26.8 Å². The van der Waals surface area contributed by atoms with Gasteiger partial charge in [-0.1, -0.05) is 27.5 Å². The van der Waals surface area contributed by atoms with Gasteiger partial charge in [0, 0.05) is 16.6 Å². The number of ether oxygens (including phenoxy) is 2. The van der Waals surface area contributed by atoms with Gasteiger partial charge < -0.3 is 15.2 Å². The predicted octanol–water partition coefficient (Wildman–Crippen LogP) is 5.40. The van der Waals surface area contributed by atoms with E-state index in [1.54, 1.807) is 18.2 Å². The van der Waals surface area contributed by atoms with Crippen molar-refractivity contribution in [3.05, 3.63) is 45.6 Å². The summed E-state index contributed by atoms with van der Waals surface area (Å²) in [4.78, 5) is 0. The molecule has 0 fully saturated rings. The number of rotatable bonds is 4. The molecule has 21 heavy (non-hydrogen) atoms. The van der Waals surface area contributed by atoms with Crippen molar-refractivity contribution < 1.29 is 13.9 Å². The fourth-order valence-electron chi connectivity index (χ4n) is 1.66. The Morgan fingerprint density at radius 1 is 1.14 bits per heavy atom. The Balaban J connectivity index is 2.37. The summed E-state index contributed by atoms with van der Waals surface area (Å²) in [6.07, 6.45) is -0.162. The van der Waals surface area contributed by atoms with Gasteiger partial charge in [0.1, 0.15) is 5.75 Å². The Bertz CT molecular complexity index is 664. The van der Waals surface area contributed by atoms with Gasteiger partial charge in [-0.2, -0.15) is 0 Å². The van der Waals surface area contributed by atoms with E-state index in [1.165, 1.54) is 12.1 Å². The first-order valence-electron chi connectivity index (χ1n) is 6.25. The van der Waals surface area contributed by atoms with Gasteiger partial charge in [0.2, 0.25) is 0 Å². The minimum Gasteiger partial charge on any atom is -0.488 e. The summed E-state index contributed by atoms with van der Waals surface area (Å²) >= 11 is 9.39. The minimum atomic E-state index is -0.533. The first-order chi connectivity index (χ1) is 9.86. The third-order valence-corrected chi connectivity index (χ3v) is 3.35. The van der Waals surface area contributed by atoms with E-state index < -0.39 is 5.82 Å². The molecule has 0 radical (unpaired) electrons. The molecule has 0 aromatic heterocycles. The first kappa shape index (κ1) is 15.9. The molecule has 2 rings (SSSR count). The molecule has 2 N–H and O–H groups in total. The predicted molar refractivity (Wildman–Crippen MR) is 85.8 cm³/mol. The monoisotopic (exact) mass is 373 g/mol. The van der Waals surface area contributed by atoms with Gasteiger partial charge >= 0.3 is 0 Å². The summed E-state index contributed by atoms with van der Waals surface area (Å²) in [6, 6.07) is 7.76. The van der Waals surface area contributed by atoms with Crippen LogP contribution in [0, 0.1) is 5.82 Å². The number of hydrogen-bond donors (Lipinski definition) is 1. The molecule has 3 nitrogen and oxygen atoms in total. The highest BCUT2D eigenvalue weighted by molar-refractivity contribution is 9.10. The van der Waals surface area contributed by atoms with Crippen LogP contribution in [0.4, 0.5) is 10.1 Å². The first-order valence-corrected chi connectivity index (χ1v) is 7.42. The molecule has 0 atom stereocenters. The highest BCUT2D eigenvalue weighted by Gasteiger charge is 2.13. The average molecular weight is 375 g/mol. The molecule has 0 aliphatic heterocycles. The number of anilines is 1. The van der Waals surface area contributed by atoms with Crippen molar-refractivity contribution in [2.24, 2.45) is 0 Å². The van der Waals surface area contributed by atoms with Crippen LogP contribution in [0.2, 0.25) is 5.02 Å². The third kappa shape index (κ3) is 4.02. The van der Waals surface area contributed by atoms with Crippen molar-refractivity contribution in [1.29, 1.82) is 0 Å². The van der Waals surface area contributed by atoms with Crippen LogP contribution in [0.5, 0.6) is 17.2 Å². The smallest absolute Gasteiger partial charge is 0.167 e. The topological polar surface area (TPSA) is 44.5 Å². The van der Waals surface area contributed by atoms with Crippen molar-refractivity contribution in [2.75, 3.05) is 5.73 Å². The molecule has 0 unspecified atom stereocenters. The van der Waals surface area contributed by atoms with Crippen LogP contribution in [0.25, 0.3) is 0 Å². The van der Waals surface area contributed by atoms with Crippen molar-refractivity contribution in [3.8, 4) is 17.2 Å². The summed E-state index contributed by atoms with van der Waals surface area (Å²) in [5.41, 5.74) is 5.95. The Morgan fingerprint density at radius 2 is 1.86 bits per heavy atom. The second-order valence-electron chi connectivity index (χ2n) is 4.66. The van der Waals surface area contributed by atoms with E-state index in [2.05, 4.69) is 15.9 Å². The summed E-state index contributed by atoms with van der Waals surface area (Å²) in [5.74, 6) is 0.251. The van der Waals surface area contributed by atoms with Crippen LogP contribution < -0.4 is 15.2 Å². The molecular formula is C15H14BrClFNO2. The van der Waals surface area contributed by atoms with Crippen molar-refractivity contribution in [2.45, 2.75) is 20.0 Å². The van der Waals surface area contributed by atoms with Crippen LogP contribution in [0.15, 0.2) is 34.8 Å². The van der Waals surface area contributed by atoms with E-state index in [0.29, 0.717) is 10.8 Å². The number of hydrogen-bond acceptors (Lipinski definition) is 3. The second kappa shape index (κ2) is 6.54. The summed E-state index contributed by atoms with van der Waals surface area (Å²) < 4.78 is 25.6. The molecule has 6 heteroatoms. The number of nitrogen functional groups attached to an aromatic ring is 1. The van der Waals surface area contributed by atoms with E-state index in [0.717, 1.165) is 4.47 Å². The van der Waals surface area contributed by atoms with Crippen LogP contribution in [0.1, 0.15) is 13.8 Å². The van der Waals surface area contributed by atoms with Crippen LogP contribution >= 0.6 is 27.5 Å². The van der Waals surface area contributed by atoms with Crippen molar-refractivity contribution >= 4 is 33.2 Å². The van der Waals surface area contributed by atoms with Crippen molar-refractivity contribution in [1.82, 2.24) is 0 Å². The van der Waals surface area contributed by atoms with E-state index >= 15 is 0 Å². The number of benzene rings is 2. The van der Waals surface area contributed by atoms with Gasteiger partial charge in [0.25, 0.3) is 0 Å². The highest BCUT2D eigenvalue weighted by atomic mass is 79.9. The van der Waals surface area contributed by atoms with E-state index in [1.807, 2.05) is 13.8 Å². The Kier molecular flexibility index (Phi) is 4.96. The molecule has 0 aliphatic carbocycles. The van der Waals surface area contributed by atoms with Gasteiger partial charge in [-0.15, -0.1) is 0 Å². The zero-order chi connectivity index (χ0) is 15.6. The van der Waals surface area contributed by atoms with Crippen LogP contribution in [-0.2, 0) is 0 Å². The molecule has 2 aromatic rings. The molecule has 0 aliphatic rings. The maximum Gasteiger partial charge on any atom is 0.167 e. The molecule has 0 heterocycles. The lowest BCUT2D eigenvalue weighted by atomic mass is 10.2. The second-order valence-corrected chi connectivity index (χ2v) is 5.99. The van der Waals surface area contributed by atoms with E-state index in [-0.39, 0.29) is 23.3 Å².